The van der Waals surface area contributed by atoms with Gasteiger partial charge in [0, 0.05) is 37.7 Å². The summed E-state index contributed by atoms with van der Waals surface area (Å²) in [5.41, 5.74) is 0.992. The highest BCUT2D eigenvalue weighted by atomic mass is 127. The highest BCUT2D eigenvalue weighted by Gasteiger charge is 2.00. The Morgan fingerprint density at radius 2 is 2.27 bits per heavy atom. The summed E-state index contributed by atoms with van der Waals surface area (Å²) in [7, 11) is 1.65. The summed E-state index contributed by atoms with van der Waals surface area (Å²) < 4.78 is 0. The summed E-state index contributed by atoms with van der Waals surface area (Å²) in [6.45, 7) is 0. The monoisotopic (exact) mass is 277 g/mol. The minimum atomic E-state index is 0.992. The summed E-state index contributed by atoms with van der Waals surface area (Å²) >= 11 is 2.23. The van der Waals surface area contributed by atoms with E-state index in [9.17, 15) is 0 Å². The smallest absolute Gasteiger partial charge is 0.0845 e. The summed E-state index contributed by atoms with van der Waals surface area (Å²) in [6.07, 6.45) is 5.44. The lowest BCUT2D eigenvalue weighted by atomic mass is 10.3. The Morgan fingerprint density at radius 1 is 1.36 bits per heavy atom. The second kappa shape index (κ2) is 2.98. The molecule has 0 unspecified atom stereocenters. The van der Waals surface area contributed by atoms with Crippen molar-refractivity contribution in [1.82, 2.24) is 15.2 Å². The van der Waals surface area contributed by atoms with Crippen LogP contribution >= 0.6 is 30.1 Å². The molecule has 0 atom stereocenters. The topological polar surface area (TPSA) is 41.6 Å². The van der Waals surface area contributed by atoms with Gasteiger partial charge in [-0.15, -0.1) is 0 Å². The van der Waals surface area contributed by atoms with Crippen LogP contribution in [0.5, 0.6) is 0 Å². The van der Waals surface area contributed by atoms with Gasteiger partial charge in [-0.1, -0.05) is 8.93 Å². The standard InChI is InChI=1S/C6H4IN3S/c7-11-6-3-8-2-5-4(6)1-9-10-5/h1-3H,(H,9,10). The van der Waals surface area contributed by atoms with E-state index in [1.54, 1.807) is 15.1 Å². The predicted molar refractivity (Wildman–Crippen MR) is 53.8 cm³/mol. The number of aromatic amines is 1. The van der Waals surface area contributed by atoms with Crippen LogP contribution in [0.1, 0.15) is 0 Å². The molecule has 0 fully saturated rings. The van der Waals surface area contributed by atoms with E-state index < -0.39 is 0 Å². The molecule has 3 nitrogen and oxygen atoms in total. The first-order valence-corrected chi connectivity index (χ1v) is 6.33. The predicted octanol–water partition coefficient (Wildman–Crippen LogP) is 2.40. The van der Waals surface area contributed by atoms with E-state index in [0.717, 1.165) is 15.8 Å². The van der Waals surface area contributed by atoms with Crippen LogP contribution in [0.15, 0.2) is 23.5 Å². The minimum absolute atomic E-state index is 0.992. The van der Waals surface area contributed by atoms with Crippen molar-refractivity contribution in [2.75, 3.05) is 0 Å². The van der Waals surface area contributed by atoms with Crippen molar-refractivity contribution >= 4 is 41.0 Å². The SMILES string of the molecule is ISc1cncc2[nH]ncc12. The van der Waals surface area contributed by atoms with Gasteiger partial charge in [-0.25, -0.2) is 0 Å². The van der Waals surface area contributed by atoms with Gasteiger partial charge < -0.3 is 0 Å². The number of aromatic nitrogens is 3. The Balaban J connectivity index is 2.79. The largest absolute Gasteiger partial charge is 0.276 e. The fourth-order valence-corrected chi connectivity index (χ4v) is 2.30. The Morgan fingerprint density at radius 3 is 3.09 bits per heavy atom. The second-order valence-electron chi connectivity index (χ2n) is 2.05. The Hall–Kier alpha value is -0.300. The van der Waals surface area contributed by atoms with E-state index in [0.29, 0.717) is 0 Å². The lowest BCUT2D eigenvalue weighted by molar-refractivity contribution is 1.11. The van der Waals surface area contributed by atoms with Crippen molar-refractivity contribution in [2.45, 2.75) is 4.90 Å². The molecule has 0 amide bonds. The maximum absolute atomic E-state index is 4.06. The summed E-state index contributed by atoms with van der Waals surface area (Å²) in [5, 5.41) is 7.93. The van der Waals surface area contributed by atoms with Crippen LogP contribution < -0.4 is 0 Å². The van der Waals surface area contributed by atoms with E-state index in [4.69, 9.17) is 0 Å². The minimum Gasteiger partial charge on any atom is -0.276 e. The van der Waals surface area contributed by atoms with Crippen LogP contribution in [0, 0.1) is 0 Å². The highest BCUT2D eigenvalue weighted by molar-refractivity contribution is 14.2. The number of pyridine rings is 1. The van der Waals surface area contributed by atoms with Crippen molar-refractivity contribution in [3.63, 3.8) is 0 Å². The van der Waals surface area contributed by atoms with Gasteiger partial charge in [0.25, 0.3) is 0 Å². The number of nitrogens with one attached hydrogen (secondary N) is 1. The van der Waals surface area contributed by atoms with Gasteiger partial charge in [-0.2, -0.15) is 5.10 Å². The molecule has 56 valence electrons. The zero-order chi connectivity index (χ0) is 7.68. The first-order valence-electron chi connectivity index (χ1n) is 2.97. The molecule has 2 aromatic heterocycles. The first-order chi connectivity index (χ1) is 5.42. The Bertz CT molecular complexity index is 373. The molecule has 11 heavy (non-hydrogen) atoms. The molecule has 0 aliphatic carbocycles. The third kappa shape index (κ3) is 1.22. The van der Waals surface area contributed by atoms with Crippen molar-refractivity contribution in [3.8, 4) is 0 Å². The average Bonchev–Trinajstić information content (AvgIpc) is 2.50. The van der Waals surface area contributed by atoms with Gasteiger partial charge in [-0.05, 0) is 0 Å². The highest BCUT2D eigenvalue weighted by Crippen LogP contribution is 2.29. The molecular weight excluding hydrogens is 273 g/mol. The third-order valence-electron chi connectivity index (χ3n) is 1.41. The van der Waals surface area contributed by atoms with Crippen molar-refractivity contribution in [1.29, 1.82) is 0 Å². The number of halogens is 1. The van der Waals surface area contributed by atoms with Gasteiger partial charge in [0.1, 0.15) is 0 Å². The maximum Gasteiger partial charge on any atom is 0.0845 e. The molecule has 0 aromatic carbocycles. The summed E-state index contributed by atoms with van der Waals surface area (Å²) in [6, 6.07) is 0. The molecule has 5 heteroatoms. The number of fused-ring (bicyclic) bond motifs is 1. The zero-order valence-electron chi connectivity index (χ0n) is 5.41. The molecule has 2 rings (SSSR count). The fourth-order valence-electron chi connectivity index (χ4n) is 0.901. The second-order valence-corrected chi connectivity index (χ2v) is 3.96. The molecule has 2 heterocycles. The number of nitrogens with zero attached hydrogens (tertiary/aromatic N) is 2. The van der Waals surface area contributed by atoms with Gasteiger partial charge in [0.15, 0.2) is 0 Å². The van der Waals surface area contributed by atoms with Crippen molar-refractivity contribution in [3.05, 3.63) is 18.6 Å². The Labute approximate surface area is 79.6 Å². The van der Waals surface area contributed by atoms with Gasteiger partial charge >= 0.3 is 0 Å². The van der Waals surface area contributed by atoms with Crippen LogP contribution in [0.2, 0.25) is 0 Å². The zero-order valence-corrected chi connectivity index (χ0v) is 8.39. The molecule has 0 saturated heterocycles. The molecule has 0 spiro atoms. The van der Waals surface area contributed by atoms with Crippen LogP contribution in [0.3, 0.4) is 0 Å². The normalized spacial score (nSPS) is 10.6. The van der Waals surface area contributed by atoms with E-state index in [-0.39, 0.29) is 0 Å². The molecule has 0 aliphatic rings. The molecule has 0 saturated carbocycles. The molecule has 0 aliphatic heterocycles. The number of hydrogen-bond donors (Lipinski definition) is 1. The number of rotatable bonds is 1. The molecule has 0 bridgehead atoms. The van der Waals surface area contributed by atoms with Crippen molar-refractivity contribution in [2.24, 2.45) is 0 Å². The Kier molecular flexibility index (Phi) is 1.99. The quantitative estimate of drug-likeness (QED) is 0.814. The number of hydrogen-bond acceptors (Lipinski definition) is 3. The van der Waals surface area contributed by atoms with Gasteiger partial charge in [0.05, 0.1) is 17.9 Å². The number of H-pyrrole nitrogens is 1. The average molecular weight is 277 g/mol. The third-order valence-corrected chi connectivity index (χ3v) is 3.33. The van der Waals surface area contributed by atoms with Gasteiger partial charge in [0.2, 0.25) is 0 Å². The lowest BCUT2D eigenvalue weighted by Gasteiger charge is -1.92. The fraction of sp³-hybridized carbons (Fsp3) is 0. The van der Waals surface area contributed by atoms with Crippen LogP contribution in [0.4, 0.5) is 0 Å². The maximum atomic E-state index is 4.06. The summed E-state index contributed by atoms with van der Waals surface area (Å²) in [5.74, 6) is 0. The molecular formula is C6H4IN3S. The van der Waals surface area contributed by atoms with Crippen molar-refractivity contribution < 1.29 is 0 Å². The molecule has 0 radical (unpaired) electrons. The first kappa shape index (κ1) is 7.35. The van der Waals surface area contributed by atoms with Gasteiger partial charge in [-0.3, -0.25) is 10.1 Å². The molecule has 2 aromatic rings. The van der Waals surface area contributed by atoms with E-state index >= 15 is 0 Å². The lowest BCUT2D eigenvalue weighted by Crippen LogP contribution is -1.74. The molecule has 1 N–H and O–H groups in total. The van der Waals surface area contributed by atoms with E-state index in [1.807, 2.05) is 12.4 Å². The van der Waals surface area contributed by atoms with E-state index in [2.05, 4.69) is 36.4 Å². The van der Waals surface area contributed by atoms with Crippen LogP contribution in [-0.2, 0) is 0 Å². The van der Waals surface area contributed by atoms with Crippen LogP contribution in [0.25, 0.3) is 10.9 Å². The van der Waals surface area contributed by atoms with E-state index in [1.165, 1.54) is 0 Å². The summed E-state index contributed by atoms with van der Waals surface area (Å²) in [4.78, 5) is 5.21. The van der Waals surface area contributed by atoms with Crippen LogP contribution in [-0.4, -0.2) is 15.2 Å².